The molecule has 1 unspecified atom stereocenters. The maximum atomic E-state index is 14.0. The predicted molar refractivity (Wildman–Crippen MR) is 131 cm³/mol. The maximum absolute atomic E-state index is 14.0. The van der Waals surface area contributed by atoms with Crippen molar-refractivity contribution in [2.24, 2.45) is 0 Å². The number of methoxy groups -OCH3 is 1. The molecule has 0 spiro atoms. The molecule has 3 aromatic rings. The number of rotatable bonds is 5. The first-order valence-corrected chi connectivity index (χ1v) is 11.7. The van der Waals surface area contributed by atoms with Crippen LogP contribution in [0.2, 0.25) is 0 Å². The number of nitrogens with one attached hydrogen (secondary N) is 1. The minimum Gasteiger partial charge on any atom is -0.497 e. The zero-order valence-electron chi connectivity index (χ0n) is 19.8. The van der Waals surface area contributed by atoms with Crippen LogP contribution in [0.4, 0.5) is 24.5 Å². The van der Waals surface area contributed by atoms with Crippen molar-refractivity contribution in [2.45, 2.75) is 31.7 Å². The molecule has 1 heterocycles. The minimum absolute atomic E-state index is 0.0606. The summed E-state index contributed by atoms with van der Waals surface area (Å²) in [5.41, 5.74) is 3.56. The molecule has 1 aliphatic heterocycles. The molecule has 5 rings (SSSR count). The van der Waals surface area contributed by atoms with Gasteiger partial charge in [0.15, 0.2) is 5.78 Å². The van der Waals surface area contributed by atoms with E-state index in [-0.39, 0.29) is 18.1 Å². The number of allylic oxidation sites excluding steroid dienone is 1. The molecule has 0 aromatic heterocycles. The molecule has 3 aromatic carbocycles. The lowest BCUT2D eigenvalue weighted by atomic mass is 9.94. The van der Waals surface area contributed by atoms with E-state index >= 15 is 0 Å². The lowest BCUT2D eigenvalue weighted by molar-refractivity contribution is -0.274. The van der Waals surface area contributed by atoms with Gasteiger partial charge in [-0.05, 0) is 53.9 Å². The van der Waals surface area contributed by atoms with E-state index in [9.17, 15) is 22.8 Å². The van der Waals surface area contributed by atoms with Crippen molar-refractivity contribution in [3.8, 4) is 11.5 Å². The monoisotopic (exact) mass is 508 g/mol. The Morgan fingerprint density at radius 2 is 1.76 bits per heavy atom. The van der Waals surface area contributed by atoms with E-state index in [0.29, 0.717) is 46.7 Å². The standard InChI is InChI=1S/C28H23F3N2O4/c1-36-19-11-9-18(10-12-19)27-26-22(13-14-24(26)34)32-21-7-2-3-8-23(21)33(27)25(35)16-17-5-4-6-20(15-17)37-28(29,30)31/h2-12,15,27,32H,13-14,16H2,1H3. The van der Waals surface area contributed by atoms with Crippen molar-refractivity contribution in [3.05, 3.63) is 95.2 Å². The first kappa shape index (κ1) is 24.4. The van der Waals surface area contributed by atoms with Crippen molar-refractivity contribution >= 4 is 23.1 Å². The van der Waals surface area contributed by atoms with Gasteiger partial charge in [-0.25, -0.2) is 0 Å². The molecular formula is C28H23F3N2O4. The molecule has 0 fully saturated rings. The molecule has 0 saturated heterocycles. The van der Waals surface area contributed by atoms with E-state index in [1.165, 1.54) is 18.2 Å². The van der Waals surface area contributed by atoms with Gasteiger partial charge in [0.25, 0.3) is 0 Å². The average molecular weight is 508 g/mol. The molecular weight excluding hydrogens is 485 g/mol. The Morgan fingerprint density at radius 3 is 2.49 bits per heavy atom. The molecule has 0 radical (unpaired) electrons. The van der Waals surface area contributed by atoms with E-state index in [0.717, 1.165) is 5.70 Å². The van der Waals surface area contributed by atoms with Gasteiger partial charge in [-0.15, -0.1) is 13.2 Å². The van der Waals surface area contributed by atoms with Crippen molar-refractivity contribution in [2.75, 3.05) is 17.3 Å². The summed E-state index contributed by atoms with van der Waals surface area (Å²) in [6.07, 6.45) is -4.20. The van der Waals surface area contributed by atoms with E-state index < -0.39 is 18.2 Å². The fourth-order valence-corrected chi connectivity index (χ4v) is 4.84. The maximum Gasteiger partial charge on any atom is 0.573 e. The van der Waals surface area contributed by atoms with Crippen LogP contribution in [-0.2, 0) is 16.0 Å². The summed E-state index contributed by atoms with van der Waals surface area (Å²) in [7, 11) is 1.55. The highest BCUT2D eigenvalue weighted by Crippen LogP contribution is 2.46. The third kappa shape index (κ3) is 5.02. The molecule has 37 heavy (non-hydrogen) atoms. The quantitative estimate of drug-likeness (QED) is 0.461. The van der Waals surface area contributed by atoms with Crippen LogP contribution in [0.25, 0.3) is 0 Å². The summed E-state index contributed by atoms with van der Waals surface area (Å²) in [5.74, 6) is -0.220. The van der Waals surface area contributed by atoms with Crippen LogP contribution in [0.3, 0.4) is 0 Å². The number of Topliss-reactive ketones (excluding diaryl/α,β-unsaturated/α-hetero) is 1. The molecule has 0 bridgehead atoms. The number of fused-ring (bicyclic) bond motifs is 1. The molecule has 1 aliphatic carbocycles. The van der Waals surface area contributed by atoms with Crippen LogP contribution >= 0.6 is 0 Å². The van der Waals surface area contributed by atoms with Gasteiger partial charge >= 0.3 is 6.36 Å². The van der Waals surface area contributed by atoms with E-state index in [1.807, 2.05) is 24.3 Å². The van der Waals surface area contributed by atoms with Gasteiger partial charge in [0.1, 0.15) is 11.5 Å². The van der Waals surface area contributed by atoms with Crippen LogP contribution in [0.5, 0.6) is 11.5 Å². The Kier molecular flexibility index (Phi) is 6.37. The van der Waals surface area contributed by atoms with Crippen molar-refractivity contribution < 1.29 is 32.2 Å². The lowest BCUT2D eigenvalue weighted by Gasteiger charge is -2.32. The molecule has 190 valence electrons. The number of ketones is 1. The number of hydrogen-bond acceptors (Lipinski definition) is 5. The second kappa shape index (κ2) is 9.65. The number of carbonyl (C=O) groups is 2. The number of alkyl halides is 3. The molecule has 1 amide bonds. The van der Waals surface area contributed by atoms with Crippen molar-refractivity contribution in [1.82, 2.24) is 0 Å². The smallest absolute Gasteiger partial charge is 0.497 e. The summed E-state index contributed by atoms with van der Waals surface area (Å²) >= 11 is 0. The normalized spacial score (nSPS) is 17.0. The van der Waals surface area contributed by atoms with Gasteiger partial charge in [0.2, 0.25) is 5.91 Å². The highest BCUT2D eigenvalue weighted by atomic mass is 19.4. The third-order valence-corrected chi connectivity index (χ3v) is 6.40. The zero-order valence-corrected chi connectivity index (χ0v) is 19.8. The number of hydrogen-bond donors (Lipinski definition) is 1. The zero-order chi connectivity index (χ0) is 26.2. The van der Waals surface area contributed by atoms with Gasteiger partial charge in [-0.1, -0.05) is 36.4 Å². The number of ether oxygens (including phenoxy) is 2. The molecule has 0 saturated carbocycles. The highest BCUT2D eigenvalue weighted by Gasteiger charge is 2.40. The summed E-state index contributed by atoms with van der Waals surface area (Å²) in [4.78, 5) is 28.7. The van der Waals surface area contributed by atoms with E-state index in [1.54, 1.807) is 42.3 Å². The number of benzene rings is 3. The van der Waals surface area contributed by atoms with Crippen LogP contribution in [-0.4, -0.2) is 25.2 Å². The number of halogens is 3. The summed E-state index contributed by atoms with van der Waals surface area (Å²) in [5, 5.41) is 3.35. The Bertz CT molecular complexity index is 1380. The van der Waals surface area contributed by atoms with Crippen molar-refractivity contribution in [3.63, 3.8) is 0 Å². The van der Waals surface area contributed by atoms with Crippen LogP contribution in [0.15, 0.2) is 84.1 Å². The van der Waals surface area contributed by atoms with Gasteiger partial charge in [-0.3, -0.25) is 14.5 Å². The fourth-order valence-electron chi connectivity index (χ4n) is 4.84. The first-order valence-electron chi connectivity index (χ1n) is 11.7. The fraction of sp³-hybridized carbons (Fsp3) is 0.214. The Hall–Kier alpha value is -4.27. The molecule has 1 atom stereocenters. The van der Waals surface area contributed by atoms with Crippen LogP contribution in [0, 0.1) is 0 Å². The largest absolute Gasteiger partial charge is 0.573 e. The highest BCUT2D eigenvalue weighted by molar-refractivity contribution is 6.07. The molecule has 2 aliphatic rings. The number of anilines is 2. The Morgan fingerprint density at radius 1 is 1.00 bits per heavy atom. The first-order chi connectivity index (χ1) is 17.7. The summed E-state index contributed by atoms with van der Waals surface area (Å²) in [6, 6.07) is 19.0. The Labute approximate surface area is 211 Å². The van der Waals surface area contributed by atoms with Gasteiger partial charge in [0.05, 0.1) is 30.9 Å². The second-order valence-corrected chi connectivity index (χ2v) is 8.77. The Balaban J connectivity index is 1.60. The minimum atomic E-state index is -4.84. The van der Waals surface area contributed by atoms with Gasteiger partial charge < -0.3 is 14.8 Å². The summed E-state index contributed by atoms with van der Waals surface area (Å²) < 4.78 is 47.5. The predicted octanol–water partition coefficient (Wildman–Crippen LogP) is 5.95. The van der Waals surface area contributed by atoms with Gasteiger partial charge in [-0.2, -0.15) is 0 Å². The number of para-hydroxylation sites is 2. The average Bonchev–Trinajstić information content (AvgIpc) is 3.13. The lowest BCUT2D eigenvalue weighted by Crippen LogP contribution is -2.38. The van der Waals surface area contributed by atoms with Crippen LogP contribution < -0.4 is 19.7 Å². The van der Waals surface area contributed by atoms with Crippen LogP contribution in [0.1, 0.15) is 30.0 Å². The topological polar surface area (TPSA) is 67.9 Å². The third-order valence-electron chi connectivity index (χ3n) is 6.40. The number of carbonyl (C=O) groups excluding carboxylic acids is 2. The van der Waals surface area contributed by atoms with E-state index in [2.05, 4.69) is 10.1 Å². The summed E-state index contributed by atoms with van der Waals surface area (Å²) in [6.45, 7) is 0. The van der Waals surface area contributed by atoms with Crippen molar-refractivity contribution in [1.29, 1.82) is 0 Å². The SMILES string of the molecule is COc1ccc(C2C3=C(CCC3=O)Nc3ccccc3N2C(=O)Cc2cccc(OC(F)(F)F)c2)cc1. The second-order valence-electron chi connectivity index (χ2n) is 8.77. The van der Waals surface area contributed by atoms with E-state index in [4.69, 9.17) is 4.74 Å². The number of amides is 1. The molecule has 6 nitrogen and oxygen atoms in total. The van der Waals surface area contributed by atoms with Gasteiger partial charge in [0, 0.05) is 17.7 Å². The molecule has 9 heteroatoms. The number of nitrogens with zero attached hydrogens (tertiary/aromatic N) is 1. The molecule has 1 N–H and O–H groups in total.